The van der Waals surface area contributed by atoms with E-state index in [1.165, 1.54) is 11.1 Å². The monoisotopic (exact) mass is 245 g/mol. The minimum atomic E-state index is -0.389. The third kappa shape index (κ3) is 2.44. The summed E-state index contributed by atoms with van der Waals surface area (Å²) >= 11 is 0. The zero-order valence-electron chi connectivity index (χ0n) is 10.7. The first-order chi connectivity index (χ1) is 8.63. The molecule has 0 saturated heterocycles. The second kappa shape index (κ2) is 5.33. The van der Waals surface area contributed by atoms with Crippen LogP contribution in [-0.4, -0.2) is 21.3 Å². The predicted molar refractivity (Wildman–Crippen MR) is 71.2 cm³/mol. The van der Waals surface area contributed by atoms with Gasteiger partial charge in [-0.05, 0) is 19.4 Å². The number of aliphatic hydroxyl groups is 1. The van der Waals surface area contributed by atoms with E-state index in [2.05, 4.69) is 43.1 Å². The van der Waals surface area contributed by atoms with Gasteiger partial charge >= 0.3 is 0 Å². The second-order valence-corrected chi connectivity index (χ2v) is 4.60. The lowest BCUT2D eigenvalue weighted by molar-refractivity contribution is 0.262. The predicted octanol–water partition coefficient (Wildman–Crippen LogP) is 1.79. The van der Waals surface area contributed by atoms with Gasteiger partial charge in [0, 0.05) is 6.20 Å². The van der Waals surface area contributed by atoms with Crippen LogP contribution in [-0.2, 0) is 0 Å². The SMILES string of the molecule is Cc1ccc(C(C)n2cncc2C(N)CO)cc1. The van der Waals surface area contributed by atoms with Crippen LogP contribution in [0.3, 0.4) is 0 Å². The highest BCUT2D eigenvalue weighted by Gasteiger charge is 2.15. The average Bonchev–Trinajstić information content (AvgIpc) is 2.87. The van der Waals surface area contributed by atoms with Gasteiger partial charge in [-0.15, -0.1) is 0 Å². The van der Waals surface area contributed by atoms with Crippen LogP contribution in [0.1, 0.15) is 35.8 Å². The van der Waals surface area contributed by atoms with Crippen LogP contribution in [0, 0.1) is 6.92 Å². The minimum absolute atomic E-state index is 0.0771. The van der Waals surface area contributed by atoms with E-state index in [-0.39, 0.29) is 18.7 Å². The molecule has 3 N–H and O–H groups in total. The quantitative estimate of drug-likeness (QED) is 0.863. The highest BCUT2D eigenvalue weighted by molar-refractivity contribution is 5.25. The Balaban J connectivity index is 2.31. The number of hydrogen-bond donors (Lipinski definition) is 2. The third-order valence-electron chi connectivity index (χ3n) is 3.25. The van der Waals surface area contributed by atoms with Crippen LogP contribution in [0.25, 0.3) is 0 Å². The molecule has 0 radical (unpaired) electrons. The van der Waals surface area contributed by atoms with Gasteiger partial charge in [0.1, 0.15) is 0 Å². The number of aromatic nitrogens is 2. The molecular weight excluding hydrogens is 226 g/mol. The molecule has 0 aliphatic heterocycles. The molecule has 2 atom stereocenters. The molecule has 0 spiro atoms. The minimum Gasteiger partial charge on any atom is -0.394 e. The Labute approximate surface area is 107 Å². The number of imidazole rings is 1. The molecule has 0 aliphatic carbocycles. The molecule has 0 fully saturated rings. The molecule has 1 heterocycles. The lowest BCUT2D eigenvalue weighted by Gasteiger charge is -2.19. The second-order valence-electron chi connectivity index (χ2n) is 4.60. The summed E-state index contributed by atoms with van der Waals surface area (Å²) in [5.74, 6) is 0. The van der Waals surface area contributed by atoms with Crippen LogP contribution in [0.2, 0.25) is 0 Å². The molecule has 18 heavy (non-hydrogen) atoms. The van der Waals surface area contributed by atoms with Crippen molar-refractivity contribution < 1.29 is 5.11 Å². The summed E-state index contributed by atoms with van der Waals surface area (Å²) in [5.41, 5.74) is 9.16. The lowest BCUT2D eigenvalue weighted by Crippen LogP contribution is -2.20. The third-order valence-corrected chi connectivity index (χ3v) is 3.25. The highest BCUT2D eigenvalue weighted by atomic mass is 16.3. The number of nitrogens with zero attached hydrogens (tertiary/aromatic N) is 2. The smallest absolute Gasteiger partial charge is 0.0954 e. The maximum absolute atomic E-state index is 9.15. The zero-order valence-corrected chi connectivity index (χ0v) is 10.7. The van der Waals surface area contributed by atoms with Gasteiger partial charge in [-0.2, -0.15) is 0 Å². The van der Waals surface area contributed by atoms with Crippen LogP contribution in [0.5, 0.6) is 0 Å². The Morgan fingerprint density at radius 2 is 2.00 bits per heavy atom. The van der Waals surface area contributed by atoms with Crippen molar-refractivity contribution >= 4 is 0 Å². The standard InChI is InChI=1S/C14H19N3O/c1-10-3-5-12(6-4-10)11(2)17-9-16-7-14(17)13(15)8-18/h3-7,9,11,13,18H,8,15H2,1-2H3. The van der Waals surface area contributed by atoms with Gasteiger partial charge in [0.2, 0.25) is 0 Å². The van der Waals surface area contributed by atoms with Crippen LogP contribution < -0.4 is 5.73 Å². The van der Waals surface area contributed by atoms with Gasteiger partial charge in [0.25, 0.3) is 0 Å². The summed E-state index contributed by atoms with van der Waals surface area (Å²) in [5, 5.41) is 9.15. The number of hydrogen-bond acceptors (Lipinski definition) is 3. The van der Waals surface area contributed by atoms with Crippen molar-refractivity contribution in [2.45, 2.75) is 25.9 Å². The molecule has 1 aromatic heterocycles. The van der Waals surface area contributed by atoms with Crippen molar-refractivity contribution in [3.63, 3.8) is 0 Å². The van der Waals surface area contributed by atoms with Crippen molar-refractivity contribution in [3.8, 4) is 0 Å². The normalized spacial score (nSPS) is 14.4. The highest BCUT2D eigenvalue weighted by Crippen LogP contribution is 2.22. The summed E-state index contributed by atoms with van der Waals surface area (Å²) < 4.78 is 2.01. The maximum atomic E-state index is 9.15. The average molecular weight is 245 g/mol. The number of benzene rings is 1. The first-order valence-electron chi connectivity index (χ1n) is 6.08. The van der Waals surface area contributed by atoms with Gasteiger partial charge in [-0.25, -0.2) is 4.98 Å². The van der Waals surface area contributed by atoms with E-state index in [0.29, 0.717) is 0 Å². The largest absolute Gasteiger partial charge is 0.394 e. The Bertz CT molecular complexity index is 504. The number of rotatable bonds is 4. The van der Waals surface area contributed by atoms with Crippen molar-refractivity contribution in [2.24, 2.45) is 5.73 Å². The maximum Gasteiger partial charge on any atom is 0.0954 e. The fourth-order valence-electron chi connectivity index (χ4n) is 2.02. The van der Waals surface area contributed by atoms with E-state index < -0.39 is 0 Å². The summed E-state index contributed by atoms with van der Waals surface area (Å²) in [6, 6.07) is 8.16. The fourth-order valence-corrected chi connectivity index (χ4v) is 2.02. The van der Waals surface area contributed by atoms with E-state index in [9.17, 15) is 0 Å². The topological polar surface area (TPSA) is 64.1 Å². The fraction of sp³-hybridized carbons (Fsp3) is 0.357. The summed E-state index contributed by atoms with van der Waals surface area (Å²) in [6.07, 6.45) is 3.47. The molecule has 2 aromatic rings. The van der Waals surface area contributed by atoms with Gasteiger partial charge < -0.3 is 15.4 Å². The molecule has 1 aromatic carbocycles. The van der Waals surface area contributed by atoms with Gasteiger partial charge in [0.05, 0.1) is 30.7 Å². The molecule has 4 heteroatoms. The van der Waals surface area contributed by atoms with Crippen molar-refractivity contribution in [3.05, 3.63) is 53.6 Å². The summed E-state index contributed by atoms with van der Waals surface area (Å²) in [4.78, 5) is 4.13. The zero-order chi connectivity index (χ0) is 13.1. The van der Waals surface area contributed by atoms with Crippen molar-refractivity contribution in [1.82, 2.24) is 9.55 Å². The van der Waals surface area contributed by atoms with E-state index in [1.807, 2.05) is 4.57 Å². The van der Waals surface area contributed by atoms with E-state index in [1.54, 1.807) is 12.5 Å². The molecule has 96 valence electrons. The molecule has 2 unspecified atom stereocenters. The van der Waals surface area contributed by atoms with Gasteiger partial charge in [-0.1, -0.05) is 29.8 Å². The number of nitrogens with two attached hydrogens (primary N) is 1. The van der Waals surface area contributed by atoms with Crippen LogP contribution >= 0.6 is 0 Å². The summed E-state index contributed by atoms with van der Waals surface area (Å²) in [7, 11) is 0. The molecule has 0 aliphatic rings. The Morgan fingerprint density at radius 1 is 1.33 bits per heavy atom. The Hall–Kier alpha value is -1.65. The van der Waals surface area contributed by atoms with Crippen molar-refractivity contribution in [2.75, 3.05) is 6.61 Å². The number of aryl methyl sites for hydroxylation is 1. The van der Waals surface area contributed by atoms with Crippen LogP contribution in [0.15, 0.2) is 36.8 Å². The first-order valence-corrected chi connectivity index (χ1v) is 6.08. The number of aliphatic hydroxyl groups excluding tert-OH is 1. The van der Waals surface area contributed by atoms with Gasteiger partial charge in [0.15, 0.2) is 0 Å². The Morgan fingerprint density at radius 3 is 2.61 bits per heavy atom. The van der Waals surface area contributed by atoms with Crippen LogP contribution in [0.4, 0.5) is 0 Å². The lowest BCUT2D eigenvalue weighted by atomic mass is 10.1. The molecule has 2 rings (SSSR count). The van der Waals surface area contributed by atoms with Crippen molar-refractivity contribution in [1.29, 1.82) is 0 Å². The van der Waals surface area contributed by atoms with E-state index in [0.717, 1.165) is 5.69 Å². The Kier molecular flexibility index (Phi) is 3.79. The summed E-state index contributed by atoms with van der Waals surface area (Å²) in [6.45, 7) is 4.09. The molecule has 4 nitrogen and oxygen atoms in total. The van der Waals surface area contributed by atoms with E-state index >= 15 is 0 Å². The van der Waals surface area contributed by atoms with Gasteiger partial charge in [-0.3, -0.25) is 0 Å². The molecular formula is C14H19N3O. The first kappa shape index (κ1) is 12.8. The molecule has 0 saturated carbocycles. The molecule has 0 amide bonds. The molecule has 0 bridgehead atoms. The van der Waals surface area contributed by atoms with E-state index in [4.69, 9.17) is 10.8 Å².